The number of rotatable bonds is 4. The molecular formula is C23H22N2O4. The fourth-order valence-corrected chi connectivity index (χ4v) is 3.65. The molecule has 0 aliphatic carbocycles. The quantitative estimate of drug-likeness (QED) is 0.629. The first-order chi connectivity index (χ1) is 14.2. The zero-order chi connectivity index (χ0) is 20.2. The van der Waals surface area contributed by atoms with Gasteiger partial charge in [-0.25, -0.2) is 4.98 Å². The van der Waals surface area contributed by atoms with E-state index in [0.717, 1.165) is 5.56 Å². The fraction of sp³-hybridized carbons (Fsp3) is 0.261. The average molecular weight is 390 g/mol. The van der Waals surface area contributed by atoms with Crippen LogP contribution in [0.3, 0.4) is 0 Å². The normalized spacial score (nSPS) is 14.6. The molecule has 0 atom stereocenters. The Morgan fingerprint density at radius 1 is 1.03 bits per heavy atom. The number of amides is 1. The van der Waals surface area contributed by atoms with Crippen molar-refractivity contribution in [1.29, 1.82) is 0 Å². The monoisotopic (exact) mass is 390 g/mol. The van der Waals surface area contributed by atoms with Crippen LogP contribution in [-0.2, 0) is 9.53 Å². The molecule has 0 saturated carbocycles. The van der Waals surface area contributed by atoms with Crippen LogP contribution >= 0.6 is 0 Å². The summed E-state index contributed by atoms with van der Waals surface area (Å²) in [4.78, 5) is 31.1. The van der Waals surface area contributed by atoms with Gasteiger partial charge in [-0.3, -0.25) is 9.59 Å². The van der Waals surface area contributed by atoms with Crippen LogP contribution in [0.1, 0.15) is 23.2 Å². The van der Waals surface area contributed by atoms with Gasteiger partial charge in [0.05, 0.1) is 24.8 Å². The molecular weight excluding hydrogens is 368 g/mol. The van der Waals surface area contributed by atoms with Crippen LogP contribution < -0.4 is 0 Å². The first-order valence-corrected chi connectivity index (χ1v) is 9.65. The van der Waals surface area contributed by atoms with Crippen molar-refractivity contribution in [3.63, 3.8) is 0 Å². The van der Waals surface area contributed by atoms with Crippen LogP contribution in [0.25, 0.3) is 22.8 Å². The van der Waals surface area contributed by atoms with Crippen molar-refractivity contribution in [3.05, 3.63) is 66.4 Å². The molecule has 3 aromatic rings. The van der Waals surface area contributed by atoms with Gasteiger partial charge in [0.1, 0.15) is 0 Å². The summed E-state index contributed by atoms with van der Waals surface area (Å²) in [6.45, 7) is 1.04. The molecule has 1 amide bonds. The Bertz CT molecular complexity index is 1000. The third-order valence-electron chi connectivity index (χ3n) is 5.27. The van der Waals surface area contributed by atoms with E-state index in [-0.39, 0.29) is 17.8 Å². The van der Waals surface area contributed by atoms with E-state index < -0.39 is 0 Å². The lowest BCUT2D eigenvalue weighted by Crippen LogP contribution is -2.40. The molecule has 2 heterocycles. The van der Waals surface area contributed by atoms with E-state index in [1.165, 1.54) is 7.11 Å². The second-order valence-electron chi connectivity index (χ2n) is 7.03. The molecule has 6 nitrogen and oxygen atoms in total. The van der Waals surface area contributed by atoms with Crippen LogP contribution in [0.5, 0.6) is 0 Å². The molecule has 1 aliphatic rings. The number of nitrogens with zero attached hydrogens (tertiary/aromatic N) is 2. The van der Waals surface area contributed by atoms with Crippen LogP contribution in [0.4, 0.5) is 0 Å². The molecule has 1 saturated heterocycles. The van der Waals surface area contributed by atoms with Gasteiger partial charge in [-0.1, -0.05) is 42.5 Å². The summed E-state index contributed by atoms with van der Waals surface area (Å²) in [6.07, 6.45) is 2.89. The van der Waals surface area contributed by atoms with Crippen LogP contribution in [-0.4, -0.2) is 42.0 Å². The predicted molar refractivity (Wildman–Crippen MR) is 108 cm³/mol. The van der Waals surface area contributed by atoms with Crippen LogP contribution in [0, 0.1) is 5.92 Å². The lowest BCUT2D eigenvalue weighted by Gasteiger charge is -2.31. The van der Waals surface area contributed by atoms with E-state index in [1.807, 2.05) is 48.5 Å². The molecule has 148 valence electrons. The summed E-state index contributed by atoms with van der Waals surface area (Å²) < 4.78 is 10.8. The number of esters is 1. The molecule has 29 heavy (non-hydrogen) atoms. The molecule has 0 radical (unpaired) electrons. The number of carbonyl (C=O) groups excluding carboxylic acids is 2. The third kappa shape index (κ3) is 3.92. The number of hydrogen-bond acceptors (Lipinski definition) is 5. The minimum atomic E-state index is -0.203. The Hall–Kier alpha value is -3.41. The van der Waals surface area contributed by atoms with E-state index >= 15 is 0 Å². The van der Waals surface area contributed by atoms with E-state index in [2.05, 4.69) is 4.98 Å². The molecule has 0 spiro atoms. The van der Waals surface area contributed by atoms with Crippen molar-refractivity contribution in [2.75, 3.05) is 20.2 Å². The van der Waals surface area contributed by atoms with Crippen molar-refractivity contribution in [2.24, 2.45) is 5.92 Å². The number of oxazole rings is 1. The van der Waals surface area contributed by atoms with E-state index in [4.69, 9.17) is 9.15 Å². The second-order valence-corrected chi connectivity index (χ2v) is 7.03. The Balaban J connectivity index is 1.56. The van der Waals surface area contributed by atoms with Crippen molar-refractivity contribution in [2.45, 2.75) is 12.8 Å². The minimum absolute atomic E-state index is 0.0802. The van der Waals surface area contributed by atoms with Gasteiger partial charge in [0.25, 0.3) is 5.91 Å². The first-order valence-electron chi connectivity index (χ1n) is 9.65. The standard InChI is InChI=1S/C23H22N2O4/c1-28-23(27)17-11-13-25(14-12-17)22(26)19-10-6-5-9-18(19)21-24-15-20(29-21)16-7-3-2-4-8-16/h2-10,15,17H,11-14H2,1H3. The smallest absolute Gasteiger partial charge is 0.308 e. The summed E-state index contributed by atoms with van der Waals surface area (Å²) in [6, 6.07) is 17.0. The summed E-state index contributed by atoms with van der Waals surface area (Å²) in [5.41, 5.74) is 2.14. The van der Waals surface area contributed by atoms with Gasteiger partial charge in [0.2, 0.25) is 5.89 Å². The molecule has 1 aromatic heterocycles. The largest absolute Gasteiger partial charge is 0.469 e. The summed E-state index contributed by atoms with van der Waals surface area (Å²) in [5, 5.41) is 0. The Kier molecular flexibility index (Phi) is 5.42. The Morgan fingerprint density at radius 2 is 1.72 bits per heavy atom. The number of ether oxygens (including phenoxy) is 1. The molecule has 0 N–H and O–H groups in total. The number of likely N-dealkylation sites (tertiary alicyclic amines) is 1. The van der Waals surface area contributed by atoms with Crippen molar-refractivity contribution >= 4 is 11.9 Å². The topological polar surface area (TPSA) is 72.6 Å². The molecule has 0 bridgehead atoms. The summed E-state index contributed by atoms with van der Waals surface area (Å²) in [7, 11) is 1.40. The molecule has 6 heteroatoms. The molecule has 4 rings (SSSR count). The fourth-order valence-electron chi connectivity index (χ4n) is 3.65. The van der Waals surface area contributed by atoms with Gasteiger partial charge in [-0.05, 0) is 25.0 Å². The highest BCUT2D eigenvalue weighted by atomic mass is 16.5. The third-order valence-corrected chi connectivity index (χ3v) is 5.27. The van der Waals surface area contributed by atoms with Crippen molar-refractivity contribution < 1.29 is 18.7 Å². The van der Waals surface area contributed by atoms with Gasteiger partial charge in [-0.15, -0.1) is 0 Å². The van der Waals surface area contributed by atoms with E-state index in [9.17, 15) is 9.59 Å². The number of benzene rings is 2. The molecule has 1 fully saturated rings. The van der Waals surface area contributed by atoms with Gasteiger partial charge in [-0.2, -0.15) is 0 Å². The van der Waals surface area contributed by atoms with E-state index in [0.29, 0.717) is 48.7 Å². The van der Waals surface area contributed by atoms with E-state index in [1.54, 1.807) is 17.2 Å². The predicted octanol–water partition coefficient (Wildman–Crippen LogP) is 4.03. The molecule has 0 unspecified atom stereocenters. The van der Waals surface area contributed by atoms with Crippen molar-refractivity contribution in [3.8, 4) is 22.8 Å². The molecule has 1 aliphatic heterocycles. The summed E-state index contributed by atoms with van der Waals surface area (Å²) in [5.74, 6) is 0.646. The second kappa shape index (κ2) is 8.31. The zero-order valence-electron chi connectivity index (χ0n) is 16.2. The molecule has 2 aromatic carbocycles. The SMILES string of the molecule is COC(=O)C1CCN(C(=O)c2ccccc2-c2ncc(-c3ccccc3)o2)CC1. The van der Waals surface area contributed by atoms with Crippen LogP contribution in [0.2, 0.25) is 0 Å². The maximum atomic E-state index is 13.2. The number of methoxy groups -OCH3 is 1. The lowest BCUT2D eigenvalue weighted by molar-refractivity contribution is -0.146. The van der Waals surface area contributed by atoms with Gasteiger partial charge < -0.3 is 14.1 Å². The highest BCUT2D eigenvalue weighted by molar-refractivity contribution is 6.00. The highest BCUT2D eigenvalue weighted by Gasteiger charge is 2.29. The number of hydrogen-bond donors (Lipinski definition) is 0. The van der Waals surface area contributed by atoms with Gasteiger partial charge in [0.15, 0.2) is 5.76 Å². The minimum Gasteiger partial charge on any atom is -0.469 e. The lowest BCUT2D eigenvalue weighted by atomic mass is 9.96. The zero-order valence-corrected chi connectivity index (χ0v) is 16.2. The number of piperidine rings is 1. The highest BCUT2D eigenvalue weighted by Crippen LogP contribution is 2.29. The van der Waals surface area contributed by atoms with Crippen molar-refractivity contribution in [1.82, 2.24) is 9.88 Å². The Labute approximate surface area is 169 Å². The summed E-state index contributed by atoms with van der Waals surface area (Å²) >= 11 is 0. The Morgan fingerprint density at radius 3 is 2.45 bits per heavy atom. The average Bonchev–Trinajstić information content (AvgIpc) is 3.29. The number of carbonyl (C=O) groups is 2. The first kappa shape index (κ1) is 18.9. The van der Waals surface area contributed by atoms with Gasteiger partial charge in [0, 0.05) is 24.2 Å². The maximum Gasteiger partial charge on any atom is 0.308 e. The number of aromatic nitrogens is 1. The van der Waals surface area contributed by atoms with Gasteiger partial charge >= 0.3 is 5.97 Å². The maximum absolute atomic E-state index is 13.2. The van der Waals surface area contributed by atoms with Crippen LogP contribution in [0.15, 0.2) is 65.2 Å².